The van der Waals surface area contributed by atoms with Gasteiger partial charge < -0.3 is 9.84 Å². The van der Waals surface area contributed by atoms with Gasteiger partial charge in [-0.2, -0.15) is 14.0 Å². The van der Waals surface area contributed by atoms with Crippen LogP contribution in [0, 0.1) is 21.4 Å². The van der Waals surface area contributed by atoms with Crippen LogP contribution in [0.3, 0.4) is 0 Å². The Bertz CT molecular complexity index is 353. The molecule has 0 heterocycles. The van der Waals surface area contributed by atoms with Gasteiger partial charge in [-0.3, -0.25) is 10.1 Å². The minimum Gasteiger partial charge on any atom is -0.473 e. The highest BCUT2D eigenvalue weighted by atomic mass is 19.3. The van der Waals surface area contributed by atoms with Gasteiger partial charge in [0.25, 0.3) is 6.36 Å². The molecular formula is C6H5F3N2O6. The second-order valence-electron chi connectivity index (χ2n) is 2.52. The number of carboxylic acids is 1. The van der Waals surface area contributed by atoms with Crippen LogP contribution in [0.2, 0.25) is 0 Å². The summed E-state index contributed by atoms with van der Waals surface area (Å²) in [6, 6.07) is 0.492. The molecular weight excluding hydrogens is 253 g/mol. The summed E-state index contributed by atoms with van der Waals surface area (Å²) in [5, 5.41) is 26.9. The summed E-state index contributed by atoms with van der Waals surface area (Å²) in [5.74, 6) is -2.54. The molecule has 0 aromatic heterocycles. The van der Waals surface area contributed by atoms with Crippen molar-refractivity contribution in [2.45, 2.75) is 18.2 Å². The number of nitrogens with zero attached hydrogens (tertiary/aromatic N) is 2. The first kappa shape index (κ1) is 15.1. The van der Waals surface area contributed by atoms with Gasteiger partial charge in [0, 0.05) is 7.11 Å². The molecule has 0 radical (unpaired) electrons. The number of hydrogen-bond acceptors (Lipinski definition) is 6. The van der Waals surface area contributed by atoms with E-state index in [1.165, 1.54) is 0 Å². The number of hydrogen-bond donors (Lipinski definition) is 1. The van der Waals surface area contributed by atoms with Crippen LogP contribution in [0.25, 0.3) is 0 Å². The van der Waals surface area contributed by atoms with E-state index in [-0.39, 0.29) is 0 Å². The van der Waals surface area contributed by atoms with E-state index >= 15 is 0 Å². The molecule has 0 saturated carbocycles. The molecule has 0 aliphatic heterocycles. The standard InChI is InChI=1S/C6H5F3N2O6/c1-16-6(8,9)3(7)17-5(2-10,4(12)13)11(14)15/h3H,1H3,(H,12,13). The molecule has 0 rings (SSSR count). The average molecular weight is 258 g/mol. The highest BCUT2D eigenvalue weighted by Gasteiger charge is 2.60. The number of alkyl halides is 3. The molecule has 2 unspecified atom stereocenters. The molecule has 2 atom stereocenters. The molecule has 0 aliphatic rings. The Morgan fingerprint density at radius 2 is 2.12 bits per heavy atom. The van der Waals surface area contributed by atoms with Crippen molar-refractivity contribution >= 4 is 5.97 Å². The molecule has 8 nitrogen and oxygen atoms in total. The lowest BCUT2D eigenvalue weighted by Crippen LogP contribution is -2.52. The van der Waals surface area contributed by atoms with Gasteiger partial charge in [0.1, 0.15) is 0 Å². The molecule has 0 aromatic carbocycles. The Hall–Kier alpha value is -1.93. The van der Waals surface area contributed by atoms with Gasteiger partial charge in [-0.05, 0) is 0 Å². The van der Waals surface area contributed by atoms with Gasteiger partial charge in [-0.15, -0.1) is 0 Å². The molecule has 0 saturated heterocycles. The number of nitro groups is 1. The highest BCUT2D eigenvalue weighted by molar-refractivity contribution is 5.78. The fourth-order valence-electron chi connectivity index (χ4n) is 0.598. The lowest BCUT2D eigenvalue weighted by molar-refractivity contribution is -0.607. The zero-order valence-electron chi connectivity index (χ0n) is 8.09. The predicted molar refractivity (Wildman–Crippen MR) is 40.9 cm³/mol. The lowest BCUT2D eigenvalue weighted by atomic mass is 10.2. The van der Waals surface area contributed by atoms with Gasteiger partial charge in [-0.25, -0.2) is 13.9 Å². The van der Waals surface area contributed by atoms with Crippen LogP contribution in [-0.2, 0) is 14.3 Å². The van der Waals surface area contributed by atoms with E-state index in [9.17, 15) is 28.1 Å². The fraction of sp³-hybridized carbons (Fsp3) is 0.667. The number of carbonyl (C=O) groups is 1. The van der Waals surface area contributed by atoms with Crippen LogP contribution >= 0.6 is 0 Å². The molecule has 0 amide bonds. The maximum atomic E-state index is 12.8. The summed E-state index contributed by atoms with van der Waals surface area (Å²) in [7, 11) is 0.358. The van der Waals surface area contributed by atoms with Gasteiger partial charge in [0.05, 0.1) is 4.92 Å². The van der Waals surface area contributed by atoms with E-state index in [0.29, 0.717) is 13.2 Å². The summed E-state index contributed by atoms with van der Waals surface area (Å²) in [4.78, 5) is 18.8. The molecule has 0 aromatic rings. The second-order valence-corrected chi connectivity index (χ2v) is 2.52. The van der Waals surface area contributed by atoms with Crippen molar-refractivity contribution < 1.29 is 37.5 Å². The Morgan fingerprint density at radius 1 is 1.65 bits per heavy atom. The highest BCUT2D eigenvalue weighted by Crippen LogP contribution is 2.27. The summed E-state index contributed by atoms with van der Waals surface area (Å²) >= 11 is 0. The molecule has 17 heavy (non-hydrogen) atoms. The molecule has 0 spiro atoms. The fourth-order valence-corrected chi connectivity index (χ4v) is 0.598. The molecule has 96 valence electrons. The van der Waals surface area contributed by atoms with Crippen molar-refractivity contribution in [2.24, 2.45) is 0 Å². The minimum atomic E-state index is -4.63. The summed E-state index contributed by atoms with van der Waals surface area (Å²) in [5.41, 5.74) is -3.97. The van der Waals surface area contributed by atoms with Crippen LogP contribution < -0.4 is 0 Å². The van der Waals surface area contributed by atoms with E-state index in [0.717, 1.165) is 0 Å². The predicted octanol–water partition coefficient (Wildman–Crippen LogP) is 0.119. The third kappa shape index (κ3) is 2.80. The first-order chi connectivity index (χ1) is 7.64. The van der Waals surface area contributed by atoms with Crippen molar-refractivity contribution in [3.05, 3.63) is 10.1 Å². The smallest absolute Gasteiger partial charge is 0.473 e. The molecule has 11 heteroatoms. The van der Waals surface area contributed by atoms with Crippen molar-refractivity contribution in [1.29, 1.82) is 5.26 Å². The summed E-state index contributed by atoms with van der Waals surface area (Å²) < 4.78 is 44.4. The number of aliphatic carboxylic acids is 1. The zero-order chi connectivity index (χ0) is 13.9. The topological polar surface area (TPSA) is 123 Å². The minimum absolute atomic E-state index is 0.358. The van der Waals surface area contributed by atoms with Gasteiger partial charge in [0.15, 0.2) is 6.07 Å². The van der Waals surface area contributed by atoms with Crippen molar-refractivity contribution in [1.82, 2.24) is 0 Å². The first-order valence-electron chi connectivity index (χ1n) is 3.68. The van der Waals surface area contributed by atoms with Crippen LogP contribution in [0.15, 0.2) is 0 Å². The lowest BCUT2D eigenvalue weighted by Gasteiger charge is -2.21. The molecule has 0 aliphatic carbocycles. The average Bonchev–Trinajstić information content (AvgIpc) is 2.24. The quantitative estimate of drug-likeness (QED) is 0.407. The Labute approximate surface area is 91.3 Å². The first-order valence-corrected chi connectivity index (χ1v) is 3.68. The van der Waals surface area contributed by atoms with Crippen molar-refractivity contribution in [2.75, 3.05) is 7.11 Å². The Balaban J connectivity index is 5.24. The van der Waals surface area contributed by atoms with Crippen LogP contribution in [0.5, 0.6) is 0 Å². The molecule has 0 bridgehead atoms. The van der Waals surface area contributed by atoms with Gasteiger partial charge in [0.2, 0.25) is 0 Å². The third-order valence-electron chi connectivity index (χ3n) is 1.51. The van der Waals surface area contributed by atoms with Crippen LogP contribution in [0.4, 0.5) is 13.2 Å². The second kappa shape index (κ2) is 4.93. The third-order valence-corrected chi connectivity index (χ3v) is 1.51. The number of halogens is 3. The van der Waals surface area contributed by atoms with E-state index in [1.54, 1.807) is 0 Å². The molecule has 0 fully saturated rings. The van der Waals surface area contributed by atoms with Crippen molar-refractivity contribution in [3.63, 3.8) is 0 Å². The number of carboxylic acid groups (broad SMARTS) is 1. The maximum Gasteiger partial charge on any atom is 0.512 e. The SMILES string of the molecule is COC(F)(F)C(F)OC(C#N)(C(=O)O)[N+](=O)[O-]. The number of ether oxygens (including phenoxy) is 2. The zero-order valence-corrected chi connectivity index (χ0v) is 8.09. The van der Waals surface area contributed by atoms with Gasteiger partial charge in [-0.1, -0.05) is 0 Å². The van der Waals surface area contributed by atoms with Crippen LogP contribution in [0.1, 0.15) is 0 Å². The number of methoxy groups -OCH3 is 1. The number of rotatable bonds is 6. The van der Waals surface area contributed by atoms with Crippen LogP contribution in [-0.4, -0.2) is 41.3 Å². The Morgan fingerprint density at radius 3 is 2.35 bits per heavy atom. The normalized spacial score (nSPS) is 16.6. The van der Waals surface area contributed by atoms with E-state index < -0.39 is 29.1 Å². The maximum absolute atomic E-state index is 12.8. The van der Waals surface area contributed by atoms with E-state index in [4.69, 9.17) is 10.4 Å². The van der Waals surface area contributed by atoms with E-state index in [2.05, 4.69) is 9.47 Å². The largest absolute Gasteiger partial charge is 0.512 e. The summed E-state index contributed by atoms with van der Waals surface area (Å²) in [6.07, 6.45) is -8.43. The monoisotopic (exact) mass is 258 g/mol. The summed E-state index contributed by atoms with van der Waals surface area (Å²) in [6.45, 7) is 0. The molecule has 1 N–H and O–H groups in total. The van der Waals surface area contributed by atoms with Crippen molar-refractivity contribution in [3.8, 4) is 6.07 Å². The van der Waals surface area contributed by atoms with Gasteiger partial charge >= 0.3 is 17.8 Å². The van der Waals surface area contributed by atoms with E-state index in [1.807, 2.05) is 0 Å². The Kier molecular flexibility index (Phi) is 4.37. The number of nitriles is 1.